The molecule has 0 unspecified atom stereocenters. The van der Waals surface area contributed by atoms with Crippen LogP contribution in [0.4, 0.5) is 0 Å². The van der Waals surface area contributed by atoms with Gasteiger partial charge in [0, 0.05) is 44.5 Å². The van der Waals surface area contributed by atoms with Crippen molar-refractivity contribution in [2.75, 3.05) is 39.3 Å². The molecule has 3 rings (SSSR count). The van der Waals surface area contributed by atoms with Crippen LogP contribution in [0.15, 0.2) is 35.3 Å². The summed E-state index contributed by atoms with van der Waals surface area (Å²) in [7, 11) is 0. The Labute approximate surface area is 214 Å². The number of hydrogen-bond donors (Lipinski definition) is 2. The summed E-state index contributed by atoms with van der Waals surface area (Å²) in [5, 5.41) is 11.1. The molecule has 1 amide bonds. The van der Waals surface area contributed by atoms with Gasteiger partial charge in [-0.1, -0.05) is 18.2 Å². The molecule has 0 atom stereocenters. The van der Waals surface area contributed by atoms with Crippen molar-refractivity contribution in [2.45, 2.75) is 47.2 Å². The first-order valence-corrected chi connectivity index (χ1v) is 11.5. The molecule has 0 spiro atoms. The van der Waals surface area contributed by atoms with Crippen LogP contribution < -0.4 is 10.6 Å². The number of amides is 1. The summed E-state index contributed by atoms with van der Waals surface area (Å²) in [4.78, 5) is 21.5. The summed E-state index contributed by atoms with van der Waals surface area (Å²) < 4.78 is 1.99. The van der Waals surface area contributed by atoms with Gasteiger partial charge < -0.3 is 15.5 Å². The molecular weight excluding hydrogens is 529 g/mol. The topological polar surface area (TPSA) is 77.8 Å². The zero-order valence-corrected chi connectivity index (χ0v) is 22.8. The fourth-order valence-corrected chi connectivity index (χ4v) is 4.00. The number of guanidine groups is 1. The zero-order valence-electron chi connectivity index (χ0n) is 20.5. The highest BCUT2D eigenvalue weighted by Gasteiger charge is 2.21. The van der Waals surface area contributed by atoms with Crippen molar-refractivity contribution in [3.63, 3.8) is 0 Å². The highest BCUT2D eigenvalue weighted by Crippen LogP contribution is 2.18. The van der Waals surface area contributed by atoms with Gasteiger partial charge in [0.25, 0.3) is 0 Å². The standard InChI is InChI=1S/C24H37N7O.HI/c1-6-25-24(30-13-11-29(12-14-30)17-23(32)27-18(2)3)26-16-21-9-7-8-10-22(21)31-20(5)15-19(4)28-31;/h7-10,15,18H,6,11-14,16-17H2,1-5H3,(H,25,26)(H,27,32);1H. The van der Waals surface area contributed by atoms with Gasteiger partial charge in [-0.05, 0) is 52.3 Å². The van der Waals surface area contributed by atoms with Gasteiger partial charge in [-0.15, -0.1) is 24.0 Å². The van der Waals surface area contributed by atoms with E-state index in [1.807, 2.05) is 37.6 Å². The summed E-state index contributed by atoms with van der Waals surface area (Å²) in [5.41, 5.74) is 4.33. The molecule has 1 aromatic carbocycles. The van der Waals surface area contributed by atoms with Gasteiger partial charge in [-0.3, -0.25) is 9.69 Å². The minimum Gasteiger partial charge on any atom is -0.357 e. The predicted octanol–water partition coefficient (Wildman–Crippen LogP) is 2.71. The molecule has 0 radical (unpaired) electrons. The fraction of sp³-hybridized carbons (Fsp3) is 0.542. The molecule has 8 nitrogen and oxygen atoms in total. The predicted molar refractivity (Wildman–Crippen MR) is 145 cm³/mol. The largest absolute Gasteiger partial charge is 0.357 e. The molecule has 0 aliphatic carbocycles. The molecule has 9 heteroatoms. The van der Waals surface area contributed by atoms with Crippen molar-refractivity contribution in [1.29, 1.82) is 0 Å². The number of hydrogen-bond acceptors (Lipinski definition) is 4. The lowest BCUT2D eigenvalue weighted by molar-refractivity contribution is -0.123. The van der Waals surface area contributed by atoms with E-state index in [0.29, 0.717) is 13.1 Å². The minimum absolute atomic E-state index is 0. The van der Waals surface area contributed by atoms with E-state index >= 15 is 0 Å². The van der Waals surface area contributed by atoms with Crippen LogP contribution >= 0.6 is 24.0 Å². The van der Waals surface area contributed by atoms with Gasteiger partial charge in [0.1, 0.15) is 0 Å². The van der Waals surface area contributed by atoms with Crippen LogP contribution in [0.25, 0.3) is 5.69 Å². The Bertz CT molecular complexity index is 933. The highest BCUT2D eigenvalue weighted by molar-refractivity contribution is 14.0. The van der Waals surface area contributed by atoms with Crippen molar-refractivity contribution >= 4 is 35.8 Å². The Kier molecular flexibility index (Phi) is 10.6. The highest BCUT2D eigenvalue weighted by atomic mass is 127. The van der Waals surface area contributed by atoms with Crippen molar-refractivity contribution in [3.05, 3.63) is 47.3 Å². The Morgan fingerprint density at radius 2 is 1.85 bits per heavy atom. The third kappa shape index (κ3) is 7.70. The van der Waals surface area contributed by atoms with E-state index in [1.54, 1.807) is 0 Å². The molecule has 0 bridgehead atoms. The number of aryl methyl sites for hydroxylation is 2. The number of piperazine rings is 1. The first-order valence-electron chi connectivity index (χ1n) is 11.5. The molecule has 182 valence electrons. The maximum atomic E-state index is 12.1. The number of benzene rings is 1. The van der Waals surface area contributed by atoms with Gasteiger partial charge in [0.2, 0.25) is 5.91 Å². The normalized spacial score (nSPS) is 14.8. The van der Waals surface area contributed by atoms with Gasteiger partial charge in [-0.25, -0.2) is 9.67 Å². The monoisotopic (exact) mass is 567 g/mol. The van der Waals surface area contributed by atoms with Crippen molar-refractivity contribution in [1.82, 2.24) is 30.2 Å². The first-order chi connectivity index (χ1) is 15.4. The summed E-state index contributed by atoms with van der Waals surface area (Å²) >= 11 is 0. The quantitative estimate of drug-likeness (QED) is 0.306. The number of carbonyl (C=O) groups is 1. The molecule has 2 aromatic rings. The number of halogens is 1. The number of nitrogens with zero attached hydrogens (tertiary/aromatic N) is 5. The fourth-order valence-electron chi connectivity index (χ4n) is 4.00. The minimum atomic E-state index is 0. The van der Waals surface area contributed by atoms with Crippen molar-refractivity contribution < 1.29 is 4.79 Å². The van der Waals surface area contributed by atoms with E-state index in [-0.39, 0.29) is 35.9 Å². The van der Waals surface area contributed by atoms with Crippen LogP contribution in [0.5, 0.6) is 0 Å². The second-order valence-electron chi connectivity index (χ2n) is 8.62. The summed E-state index contributed by atoms with van der Waals surface area (Å²) in [5.74, 6) is 1.01. The van der Waals surface area contributed by atoms with Crippen LogP contribution in [-0.4, -0.2) is 76.8 Å². The molecular formula is C24H38IN7O. The van der Waals surface area contributed by atoms with E-state index in [2.05, 4.69) is 57.6 Å². The zero-order chi connectivity index (χ0) is 23.1. The smallest absolute Gasteiger partial charge is 0.234 e. The molecule has 1 fully saturated rings. The molecule has 2 N–H and O–H groups in total. The van der Waals surface area contributed by atoms with Crippen LogP contribution in [0.3, 0.4) is 0 Å². The molecule has 1 saturated heterocycles. The third-order valence-electron chi connectivity index (χ3n) is 5.45. The van der Waals surface area contributed by atoms with Crippen LogP contribution in [0, 0.1) is 13.8 Å². The maximum Gasteiger partial charge on any atom is 0.234 e. The second kappa shape index (κ2) is 12.9. The number of nitrogens with one attached hydrogen (secondary N) is 2. The lowest BCUT2D eigenvalue weighted by Gasteiger charge is -2.36. The molecule has 1 aliphatic heterocycles. The third-order valence-corrected chi connectivity index (χ3v) is 5.45. The van der Waals surface area contributed by atoms with E-state index in [9.17, 15) is 4.79 Å². The van der Waals surface area contributed by atoms with E-state index in [4.69, 9.17) is 4.99 Å². The number of aromatic nitrogens is 2. The van der Waals surface area contributed by atoms with Crippen LogP contribution in [-0.2, 0) is 11.3 Å². The maximum absolute atomic E-state index is 12.1. The Hall–Kier alpha value is -2.14. The number of aliphatic imine (C=N–C) groups is 1. The van der Waals surface area contributed by atoms with Crippen LogP contribution in [0.2, 0.25) is 0 Å². The number of para-hydroxylation sites is 1. The lowest BCUT2D eigenvalue weighted by atomic mass is 10.2. The lowest BCUT2D eigenvalue weighted by Crippen LogP contribution is -2.54. The molecule has 33 heavy (non-hydrogen) atoms. The Morgan fingerprint density at radius 1 is 1.15 bits per heavy atom. The SMILES string of the molecule is CCNC(=NCc1ccccc1-n1nc(C)cc1C)N1CCN(CC(=O)NC(C)C)CC1.I. The second-order valence-corrected chi connectivity index (χ2v) is 8.62. The van der Waals surface area contributed by atoms with E-state index in [0.717, 1.165) is 61.3 Å². The Balaban J connectivity index is 0.00000385. The average molecular weight is 568 g/mol. The Morgan fingerprint density at radius 3 is 2.45 bits per heavy atom. The van der Waals surface area contributed by atoms with Crippen molar-refractivity contribution in [3.8, 4) is 5.69 Å². The summed E-state index contributed by atoms with van der Waals surface area (Å²) in [6.07, 6.45) is 0. The molecule has 0 saturated carbocycles. The van der Waals surface area contributed by atoms with E-state index < -0.39 is 0 Å². The van der Waals surface area contributed by atoms with Gasteiger partial charge in [0.15, 0.2) is 5.96 Å². The molecule has 1 aliphatic rings. The molecule has 1 aromatic heterocycles. The van der Waals surface area contributed by atoms with E-state index in [1.165, 1.54) is 0 Å². The van der Waals surface area contributed by atoms with Gasteiger partial charge in [-0.2, -0.15) is 5.10 Å². The summed E-state index contributed by atoms with van der Waals surface area (Å²) in [6.45, 7) is 15.4. The number of rotatable bonds is 7. The number of carbonyl (C=O) groups excluding carboxylic acids is 1. The first kappa shape index (κ1) is 27.1. The van der Waals surface area contributed by atoms with Gasteiger partial charge >= 0.3 is 0 Å². The molecule has 2 heterocycles. The van der Waals surface area contributed by atoms with Crippen LogP contribution in [0.1, 0.15) is 37.7 Å². The van der Waals surface area contributed by atoms with Crippen molar-refractivity contribution in [2.24, 2.45) is 4.99 Å². The van der Waals surface area contributed by atoms with Gasteiger partial charge in [0.05, 0.1) is 24.5 Å². The average Bonchev–Trinajstić information content (AvgIpc) is 3.09. The summed E-state index contributed by atoms with van der Waals surface area (Å²) in [6, 6.07) is 10.6.